The molecule has 0 aromatic carbocycles. The number of aromatic amines is 2. The molecule has 176 valence electrons. The number of H-pyrrole nitrogens is 2. The van der Waals surface area contributed by atoms with Crippen molar-refractivity contribution in [2.24, 2.45) is 4.99 Å². The normalized spacial score (nSPS) is 17.3. The van der Waals surface area contributed by atoms with Crippen LogP contribution >= 0.6 is 0 Å². The van der Waals surface area contributed by atoms with Crippen LogP contribution in [0.25, 0.3) is 11.7 Å². The minimum absolute atomic E-state index is 0.170. The molecule has 0 spiro atoms. The van der Waals surface area contributed by atoms with Crippen molar-refractivity contribution in [3.63, 3.8) is 0 Å². The summed E-state index contributed by atoms with van der Waals surface area (Å²) >= 11 is 0. The number of hydrogen-bond acceptors (Lipinski definition) is 9. The quantitative estimate of drug-likeness (QED) is 0.366. The lowest BCUT2D eigenvalue weighted by Gasteiger charge is -2.36. The van der Waals surface area contributed by atoms with E-state index >= 15 is 0 Å². The van der Waals surface area contributed by atoms with E-state index in [-0.39, 0.29) is 17.6 Å². The zero-order valence-corrected chi connectivity index (χ0v) is 18.7. The first kappa shape index (κ1) is 20.9. The molecule has 6 rings (SSSR count). The van der Waals surface area contributed by atoms with E-state index in [9.17, 15) is 15.2 Å². The fourth-order valence-corrected chi connectivity index (χ4v) is 4.25. The van der Waals surface area contributed by atoms with Crippen molar-refractivity contribution in [1.82, 2.24) is 29.5 Å². The number of hydrogen-bond donors (Lipinski definition) is 3. The summed E-state index contributed by atoms with van der Waals surface area (Å²) in [7, 11) is 0. The molecule has 5 heterocycles. The number of rotatable bonds is 4. The lowest BCUT2D eigenvalue weighted by atomic mass is 10.2. The fourth-order valence-electron chi connectivity index (χ4n) is 4.25. The number of nitriles is 1. The van der Waals surface area contributed by atoms with Crippen LogP contribution < -0.4 is 26.2 Å². The Bertz CT molecular complexity index is 1620. The van der Waals surface area contributed by atoms with E-state index in [4.69, 9.17) is 9.98 Å². The Morgan fingerprint density at radius 3 is 2.63 bits per heavy atom. The summed E-state index contributed by atoms with van der Waals surface area (Å²) < 4.78 is 1.57. The highest BCUT2D eigenvalue weighted by atomic mass is 16.3. The van der Waals surface area contributed by atoms with Crippen LogP contribution in [0.4, 0.5) is 11.6 Å². The highest BCUT2D eigenvalue weighted by Crippen LogP contribution is 2.24. The molecule has 0 radical (unpaired) electrons. The summed E-state index contributed by atoms with van der Waals surface area (Å²) in [6.07, 6.45) is 6.92. The maximum absolute atomic E-state index is 11.6. The third-order valence-electron chi connectivity index (χ3n) is 6.18. The van der Waals surface area contributed by atoms with Gasteiger partial charge in [0.1, 0.15) is 23.1 Å². The molecule has 1 aliphatic heterocycles. The molecule has 2 aliphatic rings. The van der Waals surface area contributed by atoms with E-state index in [1.165, 1.54) is 0 Å². The zero-order chi connectivity index (χ0) is 23.9. The lowest BCUT2D eigenvalue weighted by molar-refractivity contribution is 0.454. The Morgan fingerprint density at radius 1 is 1.17 bits per heavy atom. The smallest absolute Gasteiger partial charge is 0.326 e. The summed E-state index contributed by atoms with van der Waals surface area (Å²) in [5, 5.41) is 25.1. The first-order valence-electron chi connectivity index (χ1n) is 11.4. The standard InChI is InChI=1S/C23H22N10O2/c24-12-16-20(32-9-7-31(8-10-32)18-3-1-2-6-25-18)29-19-14(11-17-22(34)30-23(35)28-17)13-26-33(19)21(16)27-15-4-5-15/h1-3,6,11,13,15,34H,4-5,7-10H2,(H2,28,30,35). The van der Waals surface area contributed by atoms with E-state index in [1.54, 1.807) is 23.0 Å². The van der Waals surface area contributed by atoms with Crippen LogP contribution in [0.1, 0.15) is 24.1 Å². The van der Waals surface area contributed by atoms with Crippen molar-refractivity contribution >= 4 is 23.4 Å². The number of aromatic nitrogens is 6. The lowest BCUT2D eigenvalue weighted by Crippen LogP contribution is -2.48. The maximum atomic E-state index is 11.6. The van der Waals surface area contributed by atoms with E-state index < -0.39 is 5.69 Å². The van der Waals surface area contributed by atoms with E-state index in [2.05, 4.69) is 35.9 Å². The number of aromatic hydroxyl groups is 1. The average molecular weight is 470 g/mol. The number of nitrogens with zero attached hydrogens (tertiary/aromatic N) is 8. The second kappa shape index (κ2) is 8.28. The van der Waals surface area contributed by atoms with E-state index in [1.807, 2.05) is 18.2 Å². The third-order valence-corrected chi connectivity index (χ3v) is 6.18. The molecular weight excluding hydrogens is 448 g/mol. The maximum Gasteiger partial charge on any atom is 0.326 e. The average Bonchev–Trinajstić information content (AvgIpc) is 3.53. The minimum atomic E-state index is -0.513. The predicted molar refractivity (Wildman–Crippen MR) is 127 cm³/mol. The first-order valence-corrected chi connectivity index (χ1v) is 11.4. The SMILES string of the molecule is N#Cc1c(N2CCN(c3ccccn3)CC2)nc2c(=Cc3[nH]c(=O)[nH]c3O)cnn2c1=NC1CC1. The van der Waals surface area contributed by atoms with E-state index in [0.29, 0.717) is 40.8 Å². The zero-order valence-electron chi connectivity index (χ0n) is 18.7. The van der Waals surface area contributed by atoms with Crippen LogP contribution in [0.5, 0.6) is 5.88 Å². The van der Waals surface area contributed by atoms with Crippen molar-refractivity contribution in [1.29, 1.82) is 5.26 Å². The molecule has 12 nitrogen and oxygen atoms in total. The molecule has 3 N–H and O–H groups in total. The topological polar surface area (TPSA) is 155 Å². The molecule has 1 saturated carbocycles. The van der Waals surface area contributed by atoms with Gasteiger partial charge in [0.15, 0.2) is 17.0 Å². The summed E-state index contributed by atoms with van der Waals surface area (Å²) in [6.45, 7) is 2.80. The van der Waals surface area contributed by atoms with Crippen molar-refractivity contribution in [2.75, 3.05) is 36.0 Å². The van der Waals surface area contributed by atoms with Gasteiger partial charge in [0.2, 0.25) is 5.88 Å². The molecule has 4 aromatic heterocycles. The van der Waals surface area contributed by atoms with Gasteiger partial charge in [0.05, 0.1) is 12.2 Å². The molecule has 2 fully saturated rings. The van der Waals surface area contributed by atoms with Gasteiger partial charge < -0.3 is 19.9 Å². The van der Waals surface area contributed by atoms with Crippen LogP contribution in [-0.2, 0) is 0 Å². The molecular formula is C23H22N10O2. The molecule has 1 aliphatic carbocycles. The Morgan fingerprint density at radius 2 is 1.97 bits per heavy atom. The number of piperazine rings is 1. The molecule has 0 unspecified atom stereocenters. The number of anilines is 2. The van der Waals surface area contributed by atoms with Gasteiger partial charge in [0, 0.05) is 37.6 Å². The van der Waals surface area contributed by atoms with E-state index in [0.717, 1.165) is 31.7 Å². The van der Waals surface area contributed by atoms with Crippen molar-refractivity contribution in [3.8, 4) is 11.9 Å². The Labute approximate surface area is 198 Å². The number of pyridine rings is 1. The second-order valence-corrected chi connectivity index (χ2v) is 8.59. The highest BCUT2D eigenvalue weighted by molar-refractivity contribution is 5.62. The monoisotopic (exact) mass is 470 g/mol. The number of nitrogens with one attached hydrogen (secondary N) is 2. The minimum Gasteiger partial charge on any atom is -0.493 e. The van der Waals surface area contributed by atoms with Gasteiger partial charge in [-0.2, -0.15) is 14.9 Å². The van der Waals surface area contributed by atoms with Crippen LogP contribution in [0, 0.1) is 11.3 Å². The molecule has 0 amide bonds. The largest absolute Gasteiger partial charge is 0.493 e. The van der Waals surface area contributed by atoms with Gasteiger partial charge in [-0.05, 0) is 31.1 Å². The van der Waals surface area contributed by atoms with Gasteiger partial charge >= 0.3 is 5.69 Å². The Kier molecular flexibility index (Phi) is 4.95. The van der Waals surface area contributed by atoms with Crippen LogP contribution in [-0.4, -0.2) is 66.9 Å². The van der Waals surface area contributed by atoms with Gasteiger partial charge in [-0.15, -0.1) is 0 Å². The Hall–Kier alpha value is -4.66. The third kappa shape index (κ3) is 3.86. The van der Waals surface area contributed by atoms with Gasteiger partial charge in [-0.3, -0.25) is 9.98 Å². The van der Waals surface area contributed by atoms with Crippen molar-refractivity contribution in [2.45, 2.75) is 18.9 Å². The number of imidazole rings is 1. The summed E-state index contributed by atoms with van der Waals surface area (Å²) in [6, 6.07) is 8.34. The fraction of sp³-hybridized carbons (Fsp3) is 0.304. The van der Waals surface area contributed by atoms with Gasteiger partial charge in [0.25, 0.3) is 0 Å². The summed E-state index contributed by atoms with van der Waals surface area (Å²) in [5.74, 6) is 1.22. The van der Waals surface area contributed by atoms with Gasteiger partial charge in [-0.1, -0.05) is 6.07 Å². The molecule has 1 saturated heterocycles. The number of fused-ring (bicyclic) bond motifs is 1. The van der Waals surface area contributed by atoms with Gasteiger partial charge in [-0.25, -0.2) is 14.8 Å². The first-order chi connectivity index (χ1) is 17.1. The van der Waals surface area contributed by atoms with Crippen LogP contribution in [0.2, 0.25) is 0 Å². The summed E-state index contributed by atoms with van der Waals surface area (Å²) in [4.78, 5) is 34.8. The summed E-state index contributed by atoms with van der Waals surface area (Å²) in [5.41, 5.74) is 1.08. The molecule has 12 heteroatoms. The van der Waals surface area contributed by atoms with Crippen LogP contribution in [0.3, 0.4) is 0 Å². The highest BCUT2D eigenvalue weighted by Gasteiger charge is 2.26. The molecule has 35 heavy (non-hydrogen) atoms. The van der Waals surface area contributed by atoms with Crippen LogP contribution in [0.15, 0.2) is 40.4 Å². The van der Waals surface area contributed by atoms with Crippen molar-refractivity contribution in [3.05, 3.63) is 63.0 Å². The molecule has 0 bridgehead atoms. The second-order valence-electron chi connectivity index (χ2n) is 8.59. The van der Waals surface area contributed by atoms with Crippen molar-refractivity contribution < 1.29 is 5.11 Å². The Balaban J connectivity index is 1.46. The molecule has 4 aromatic rings. The molecule has 0 atom stereocenters. The predicted octanol–water partition coefficient (Wildman–Crippen LogP) is -0.345.